The number of carbonyl (C=O) groups excluding carboxylic acids is 1. The Bertz CT molecular complexity index is 358. The minimum absolute atomic E-state index is 0.242. The van der Waals surface area contributed by atoms with Crippen LogP contribution in [0.15, 0.2) is 18.3 Å². The number of fused-ring (bicyclic) bond motifs is 1. The summed E-state index contributed by atoms with van der Waals surface area (Å²) in [6.45, 7) is 4.36. The molecule has 0 bridgehead atoms. The molecule has 82 valence electrons. The van der Waals surface area contributed by atoms with E-state index in [1.165, 1.54) is 5.69 Å². The van der Waals surface area contributed by atoms with E-state index in [1.54, 1.807) is 0 Å². The molecule has 0 radical (unpaired) electrons. The third-order valence-corrected chi connectivity index (χ3v) is 3.02. The quantitative estimate of drug-likeness (QED) is 0.794. The van der Waals surface area contributed by atoms with Gasteiger partial charge in [0.05, 0.1) is 12.6 Å². The molecule has 0 aromatic carbocycles. The zero-order chi connectivity index (χ0) is 10.8. The fourth-order valence-electron chi connectivity index (χ4n) is 2.37. The second-order valence-electron chi connectivity index (χ2n) is 3.99. The maximum atomic E-state index is 11.0. The summed E-state index contributed by atoms with van der Waals surface area (Å²) in [4.78, 5) is 13.1. The highest BCUT2D eigenvalue weighted by Crippen LogP contribution is 2.27. The molecule has 1 aromatic rings. The van der Waals surface area contributed by atoms with Crippen LogP contribution in [0.25, 0.3) is 0 Å². The van der Waals surface area contributed by atoms with Crippen LogP contribution in [-0.4, -0.2) is 28.5 Å². The lowest BCUT2D eigenvalue weighted by Gasteiger charge is -2.35. The number of rotatable bonds is 3. The van der Waals surface area contributed by atoms with Gasteiger partial charge in [0.2, 0.25) is 5.91 Å². The summed E-state index contributed by atoms with van der Waals surface area (Å²) >= 11 is 0. The van der Waals surface area contributed by atoms with Crippen molar-refractivity contribution in [2.45, 2.75) is 25.9 Å². The first-order chi connectivity index (χ1) is 7.22. The van der Waals surface area contributed by atoms with Crippen molar-refractivity contribution in [1.82, 2.24) is 9.47 Å². The third kappa shape index (κ3) is 1.90. The summed E-state index contributed by atoms with van der Waals surface area (Å²) in [5.74, 6) is -0.242. The van der Waals surface area contributed by atoms with Crippen molar-refractivity contribution in [2.75, 3.05) is 13.1 Å². The Hall–Kier alpha value is -1.29. The zero-order valence-corrected chi connectivity index (χ0v) is 9.02. The summed E-state index contributed by atoms with van der Waals surface area (Å²) in [6, 6.07) is 4.52. The van der Waals surface area contributed by atoms with Crippen LogP contribution in [-0.2, 0) is 11.3 Å². The van der Waals surface area contributed by atoms with Gasteiger partial charge >= 0.3 is 0 Å². The maximum absolute atomic E-state index is 11.0. The Balaban J connectivity index is 2.21. The van der Waals surface area contributed by atoms with Gasteiger partial charge in [-0.2, -0.15) is 0 Å². The van der Waals surface area contributed by atoms with E-state index in [9.17, 15) is 4.79 Å². The van der Waals surface area contributed by atoms with Crippen LogP contribution < -0.4 is 5.73 Å². The van der Waals surface area contributed by atoms with E-state index in [1.807, 2.05) is 0 Å². The standard InChI is InChI=1S/C11H17N3O/c1-2-9-10-4-3-5-13(10)6-7-14(9)8-11(12)15/h3-5,9H,2,6-8H2,1H3,(H2,12,15). The minimum atomic E-state index is -0.242. The number of aromatic nitrogens is 1. The number of hydrogen-bond donors (Lipinski definition) is 1. The van der Waals surface area contributed by atoms with E-state index in [0.29, 0.717) is 12.6 Å². The van der Waals surface area contributed by atoms with Crippen LogP contribution in [0, 0.1) is 0 Å². The SMILES string of the molecule is CCC1c2cccn2CCN1CC(N)=O. The highest BCUT2D eigenvalue weighted by Gasteiger charge is 2.26. The molecule has 1 aliphatic heterocycles. The number of hydrogen-bond acceptors (Lipinski definition) is 2. The van der Waals surface area contributed by atoms with E-state index in [2.05, 4.69) is 34.7 Å². The Morgan fingerprint density at radius 3 is 3.07 bits per heavy atom. The molecule has 4 nitrogen and oxygen atoms in total. The zero-order valence-electron chi connectivity index (χ0n) is 9.02. The van der Waals surface area contributed by atoms with Crippen molar-refractivity contribution in [3.8, 4) is 0 Å². The molecular weight excluding hydrogens is 190 g/mol. The van der Waals surface area contributed by atoms with Crippen molar-refractivity contribution in [3.05, 3.63) is 24.0 Å². The fourth-order valence-corrected chi connectivity index (χ4v) is 2.37. The van der Waals surface area contributed by atoms with Crippen molar-refractivity contribution in [2.24, 2.45) is 5.73 Å². The second kappa shape index (κ2) is 4.06. The molecule has 0 fully saturated rings. The van der Waals surface area contributed by atoms with Gasteiger partial charge < -0.3 is 10.3 Å². The molecular formula is C11H17N3O. The first-order valence-corrected chi connectivity index (χ1v) is 5.39. The average molecular weight is 207 g/mol. The number of amides is 1. The number of nitrogens with zero attached hydrogens (tertiary/aromatic N) is 2. The van der Waals surface area contributed by atoms with Gasteiger partial charge in [-0.05, 0) is 18.6 Å². The molecule has 0 spiro atoms. The topological polar surface area (TPSA) is 51.3 Å². The maximum Gasteiger partial charge on any atom is 0.231 e. The van der Waals surface area contributed by atoms with E-state index in [4.69, 9.17) is 5.73 Å². The minimum Gasteiger partial charge on any atom is -0.369 e. The van der Waals surface area contributed by atoms with Gasteiger partial charge in [0.25, 0.3) is 0 Å². The Morgan fingerprint density at radius 1 is 1.60 bits per heavy atom. The van der Waals surface area contributed by atoms with E-state index >= 15 is 0 Å². The van der Waals surface area contributed by atoms with Crippen LogP contribution >= 0.6 is 0 Å². The lowest BCUT2D eigenvalue weighted by molar-refractivity contribution is -0.120. The lowest BCUT2D eigenvalue weighted by Crippen LogP contribution is -2.42. The summed E-state index contributed by atoms with van der Waals surface area (Å²) in [7, 11) is 0. The molecule has 2 N–H and O–H groups in total. The van der Waals surface area contributed by atoms with Crippen molar-refractivity contribution in [3.63, 3.8) is 0 Å². The Kier molecular flexibility index (Phi) is 2.77. The molecule has 1 unspecified atom stereocenters. The summed E-state index contributed by atoms with van der Waals surface area (Å²) in [5, 5.41) is 0. The number of carbonyl (C=O) groups is 1. The van der Waals surface area contributed by atoms with E-state index in [0.717, 1.165) is 19.5 Å². The smallest absolute Gasteiger partial charge is 0.231 e. The predicted octanol–water partition coefficient (Wildman–Crippen LogP) is 0.740. The van der Waals surface area contributed by atoms with Crippen LogP contribution in [0.3, 0.4) is 0 Å². The number of nitrogens with two attached hydrogens (primary N) is 1. The number of primary amides is 1. The van der Waals surface area contributed by atoms with Gasteiger partial charge in [-0.3, -0.25) is 9.69 Å². The monoisotopic (exact) mass is 207 g/mol. The van der Waals surface area contributed by atoms with Gasteiger partial charge in [0.15, 0.2) is 0 Å². The highest BCUT2D eigenvalue weighted by atomic mass is 16.1. The molecule has 1 atom stereocenters. The van der Waals surface area contributed by atoms with Crippen molar-refractivity contribution < 1.29 is 4.79 Å². The van der Waals surface area contributed by atoms with Gasteiger partial charge in [-0.15, -0.1) is 0 Å². The van der Waals surface area contributed by atoms with Gasteiger partial charge in [0.1, 0.15) is 0 Å². The van der Waals surface area contributed by atoms with Crippen LogP contribution in [0.4, 0.5) is 0 Å². The average Bonchev–Trinajstić information content (AvgIpc) is 2.64. The first kappa shape index (κ1) is 10.2. The molecule has 15 heavy (non-hydrogen) atoms. The summed E-state index contributed by atoms with van der Waals surface area (Å²) in [5.41, 5.74) is 6.54. The molecule has 0 saturated heterocycles. The summed E-state index contributed by atoms with van der Waals surface area (Å²) in [6.07, 6.45) is 3.11. The predicted molar refractivity (Wildman–Crippen MR) is 58.2 cm³/mol. The third-order valence-electron chi connectivity index (χ3n) is 3.02. The van der Waals surface area contributed by atoms with Crippen molar-refractivity contribution in [1.29, 1.82) is 0 Å². The normalized spacial score (nSPS) is 21.3. The molecule has 0 aliphatic carbocycles. The Morgan fingerprint density at radius 2 is 2.40 bits per heavy atom. The van der Waals surface area contributed by atoms with E-state index < -0.39 is 0 Å². The second-order valence-corrected chi connectivity index (χ2v) is 3.99. The largest absolute Gasteiger partial charge is 0.369 e. The fraction of sp³-hybridized carbons (Fsp3) is 0.545. The van der Waals surface area contributed by atoms with E-state index in [-0.39, 0.29) is 5.91 Å². The van der Waals surface area contributed by atoms with Gasteiger partial charge in [-0.1, -0.05) is 6.92 Å². The lowest BCUT2D eigenvalue weighted by atomic mass is 10.1. The Labute approximate surface area is 89.7 Å². The highest BCUT2D eigenvalue weighted by molar-refractivity contribution is 5.76. The first-order valence-electron chi connectivity index (χ1n) is 5.39. The van der Waals surface area contributed by atoms with Crippen molar-refractivity contribution >= 4 is 5.91 Å². The molecule has 1 amide bonds. The van der Waals surface area contributed by atoms with Gasteiger partial charge in [-0.25, -0.2) is 0 Å². The van der Waals surface area contributed by atoms with Crippen LogP contribution in [0.2, 0.25) is 0 Å². The molecule has 2 heterocycles. The van der Waals surface area contributed by atoms with Gasteiger partial charge in [0, 0.05) is 25.0 Å². The molecule has 4 heteroatoms. The molecule has 1 aromatic heterocycles. The molecule has 2 rings (SSSR count). The van der Waals surface area contributed by atoms with Crippen LogP contribution in [0.1, 0.15) is 25.1 Å². The summed E-state index contributed by atoms with van der Waals surface area (Å²) < 4.78 is 2.26. The van der Waals surface area contributed by atoms with Crippen LogP contribution in [0.5, 0.6) is 0 Å². The molecule has 1 aliphatic rings. The molecule has 0 saturated carbocycles.